The predicted molar refractivity (Wildman–Crippen MR) is 69.9 cm³/mol. The smallest absolute Gasteiger partial charge is 0.224 e. The normalized spacial score (nSPS) is 11.8. The van der Waals surface area contributed by atoms with E-state index in [4.69, 9.17) is 0 Å². The van der Waals surface area contributed by atoms with E-state index in [1.807, 2.05) is 26.8 Å². The molecule has 96 valence electrons. The molecule has 0 atom stereocenters. The molecule has 0 saturated heterocycles. The lowest BCUT2D eigenvalue weighted by molar-refractivity contribution is -0.121. The Morgan fingerprint density at radius 2 is 2.11 bits per heavy atom. The van der Waals surface area contributed by atoms with Crippen LogP contribution in [0, 0.1) is 5.82 Å². The van der Waals surface area contributed by atoms with Crippen molar-refractivity contribution in [3.05, 3.63) is 35.8 Å². The number of aromatic amines is 1. The fourth-order valence-corrected chi connectivity index (χ4v) is 1.96. The maximum absolute atomic E-state index is 13.5. The summed E-state index contributed by atoms with van der Waals surface area (Å²) in [7, 11) is 0. The molecule has 1 amide bonds. The quantitative estimate of drug-likeness (QED) is 0.843. The third-order valence-electron chi connectivity index (χ3n) is 2.62. The second-order valence-electron chi connectivity index (χ2n) is 5.45. The van der Waals surface area contributed by atoms with Gasteiger partial charge in [0.1, 0.15) is 5.82 Å². The molecule has 0 radical (unpaired) electrons. The Kier molecular flexibility index (Phi) is 3.11. The number of carbonyl (C=O) groups is 1. The van der Waals surface area contributed by atoms with E-state index in [-0.39, 0.29) is 23.7 Å². The van der Waals surface area contributed by atoms with Crippen LogP contribution in [0.3, 0.4) is 0 Å². The van der Waals surface area contributed by atoms with Crippen molar-refractivity contribution in [2.45, 2.75) is 32.7 Å². The average molecular weight is 248 g/mol. The van der Waals surface area contributed by atoms with Crippen molar-refractivity contribution in [1.29, 1.82) is 0 Å². The lowest BCUT2D eigenvalue weighted by Crippen LogP contribution is -2.41. The number of aromatic nitrogens is 1. The SMILES string of the molecule is CC(C)(C)NC(=O)Cc1c[nH]c2c(F)cccc12. The van der Waals surface area contributed by atoms with E-state index in [9.17, 15) is 9.18 Å². The minimum Gasteiger partial charge on any atom is -0.359 e. The molecule has 1 aromatic carbocycles. The van der Waals surface area contributed by atoms with Crippen molar-refractivity contribution < 1.29 is 9.18 Å². The summed E-state index contributed by atoms with van der Waals surface area (Å²) in [5.41, 5.74) is 1.01. The predicted octanol–water partition coefficient (Wildman–Crippen LogP) is 2.76. The average Bonchev–Trinajstić information content (AvgIpc) is 2.60. The van der Waals surface area contributed by atoms with Crippen LogP contribution in [-0.2, 0) is 11.2 Å². The number of fused-ring (bicyclic) bond motifs is 1. The van der Waals surface area contributed by atoms with Gasteiger partial charge < -0.3 is 10.3 Å². The number of para-hydroxylation sites is 1. The maximum atomic E-state index is 13.5. The second kappa shape index (κ2) is 4.44. The van der Waals surface area contributed by atoms with Gasteiger partial charge in [0.2, 0.25) is 5.91 Å². The van der Waals surface area contributed by atoms with Gasteiger partial charge in [0, 0.05) is 17.1 Å². The molecule has 4 heteroatoms. The van der Waals surface area contributed by atoms with E-state index in [0.29, 0.717) is 5.52 Å². The van der Waals surface area contributed by atoms with Crippen molar-refractivity contribution in [3.8, 4) is 0 Å². The van der Waals surface area contributed by atoms with Crippen molar-refractivity contribution in [2.75, 3.05) is 0 Å². The second-order valence-corrected chi connectivity index (χ2v) is 5.45. The number of H-pyrrole nitrogens is 1. The molecule has 2 rings (SSSR count). The first kappa shape index (κ1) is 12.6. The van der Waals surface area contributed by atoms with Crippen molar-refractivity contribution in [2.24, 2.45) is 0 Å². The minimum atomic E-state index is -0.296. The molecule has 0 aliphatic rings. The molecule has 18 heavy (non-hydrogen) atoms. The van der Waals surface area contributed by atoms with Crippen LogP contribution in [-0.4, -0.2) is 16.4 Å². The van der Waals surface area contributed by atoms with Crippen molar-refractivity contribution in [3.63, 3.8) is 0 Å². The summed E-state index contributed by atoms with van der Waals surface area (Å²) in [5.74, 6) is -0.359. The van der Waals surface area contributed by atoms with E-state index < -0.39 is 0 Å². The Labute approximate surface area is 105 Å². The van der Waals surface area contributed by atoms with Crippen LogP contribution in [0.4, 0.5) is 4.39 Å². The van der Waals surface area contributed by atoms with Crippen molar-refractivity contribution >= 4 is 16.8 Å². The Hall–Kier alpha value is -1.84. The Morgan fingerprint density at radius 3 is 2.78 bits per heavy atom. The monoisotopic (exact) mass is 248 g/mol. The number of hydrogen-bond donors (Lipinski definition) is 2. The molecule has 3 nitrogen and oxygen atoms in total. The molecule has 0 fully saturated rings. The lowest BCUT2D eigenvalue weighted by atomic mass is 10.1. The van der Waals surface area contributed by atoms with Gasteiger partial charge in [0.05, 0.1) is 11.9 Å². The molecular formula is C14H17FN2O. The van der Waals surface area contributed by atoms with Gasteiger partial charge >= 0.3 is 0 Å². The third-order valence-corrected chi connectivity index (χ3v) is 2.62. The van der Waals surface area contributed by atoms with Gasteiger partial charge in [-0.3, -0.25) is 4.79 Å². The Balaban J connectivity index is 2.23. The summed E-state index contributed by atoms with van der Waals surface area (Å²) in [5, 5.41) is 3.65. The molecule has 0 unspecified atom stereocenters. The zero-order valence-corrected chi connectivity index (χ0v) is 10.8. The van der Waals surface area contributed by atoms with E-state index in [1.54, 1.807) is 12.3 Å². The summed E-state index contributed by atoms with van der Waals surface area (Å²) in [4.78, 5) is 14.7. The molecule has 0 saturated carbocycles. The molecular weight excluding hydrogens is 231 g/mol. The number of rotatable bonds is 2. The van der Waals surface area contributed by atoms with Crippen LogP contribution in [0.2, 0.25) is 0 Å². The highest BCUT2D eigenvalue weighted by molar-refractivity contribution is 5.89. The first-order valence-corrected chi connectivity index (χ1v) is 5.92. The fraction of sp³-hybridized carbons (Fsp3) is 0.357. The molecule has 2 aromatic rings. The zero-order chi connectivity index (χ0) is 13.3. The van der Waals surface area contributed by atoms with Gasteiger partial charge in [-0.25, -0.2) is 4.39 Å². The highest BCUT2D eigenvalue weighted by atomic mass is 19.1. The summed E-state index contributed by atoms with van der Waals surface area (Å²) in [6.07, 6.45) is 1.94. The molecule has 1 aromatic heterocycles. The van der Waals surface area contributed by atoms with Gasteiger partial charge in [-0.2, -0.15) is 0 Å². The summed E-state index contributed by atoms with van der Waals surface area (Å²) in [6, 6.07) is 4.86. The van der Waals surface area contributed by atoms with Gasteiger partial charge in [-0.15, -0.1) is 0 Å². The lowest BCUT2D eigenvalue weighted by Gasteiger charge is -2.20. The van der Waals surface area contributed by atoms with Crippen LogP contribution >= 0.6 is 0 Å². The van der Waals surface area contributed by atoms with Gasteiger partial charge in [-0.05, 0) is 32.4 Å². The van der Waals surface area contributed by atoms with Gasteiger partial charge in [0.15, 0.2) is 0 Å². The van der Waals surface area contributed by atoms with E-state index >= 15 is 0 Å². The largest absolute Gasteiger partial charge is 0.359 e. The standard InChI is InChI=1S/C14H17FN2O/c1-14(2,3)17-12(18)7-9-8-16-13-10(9)5-4-6-11(13)15/h4-6,8,16H,7H2,1-3H3,(H,17,18). The van der Waals surface area contributed by atoms with E-state index in [0.717, 1.165) is 10.9 Å². The number of amides is 1. The summed E-state index contributed by atoms with van der Waals surface area (Å²) in [6.45, 7) is 5.79. The first-order valence-electron chi connectivity index (χ1n) is 5.92. The fourth-order valence-electron chi connectivity index (χ4n) is 1.96. The van der Waals surface area contributed by atoms with Crippen LogP contribution in [0.15, 0.2) is 24.4 Å². The Morgan fingerprint density at radius 1 is 1.39 bits per heavy atom. The molecule has 0 spiro atoms. The molecule has 0 aliphatic carbocycles. The maximum Gasteiger partial charge on any atom is 0.224 e. The third kappa shape index (κ3) is 2.70. The molecule has 0 aliphatic heterocycles. The number of carbonyl (C=O) groups excluding carboxylic acids is 1. The number of halogens is 1. The van der Waals surface area contributed by atoms with Gasteiger partial charge in [0.25, 0.3) is 0 Å². The van der Waals surface area contributed by atoms with Crippen LogP contribution in [0.5, 0.6) is 0 Å². The van der Waals surface area contributed by atoms with Crippen LogP contribution < -0.4 is 5.32 Å². The highest BCUT2D eigenvalue weighted by Gasteiger charge is 2.16. The number of hydrogen-bond acceptors (Lipinski definition) is 1. The topological polar surface area (TPSA) is 44.9 Å². The number of nitrogens with one attached hydrogen (secondary N) is 2. The Bertz CT molecular complexity index is 581. The van der Waals surface area contributed by atoms with E-state index in [2.05, 4.69) is 10.3 Å². The molecule has 0 bridgehead atoms. The molecule has 2 N–H and O–H groups in total. The number of benzene rings is 1. The van der Waals surface area contributed by atoms with Crippen LogP contribution in [0.1, 0.15) is 26.3 Å². The van der Waals surface area contributed by atoms with Crippen molar-refractivity contribution in [1.82, 2.24) is 10.3 Å². The van der Waals surface area contributed by atoms with Crippen LogP contribution in [0.25, 0.3) is 10.9 Å². The minimum absolute atomic E-state index is 0.0624. The highest BCUT2D eigenvalue weighted by Crippen LogP contribution is 2.21. The van der Waals surface area contributed by atoms with E-state index in [1.165, 1.54) is 6.07 Å². The van der Waals surface area contributed by atoms with Gasteiger partial charge in [-0.1, -0.05) is 12.1 Å². The first-order chi connectivity index (χ1) is 8.37. The molecule has 1 heterocycles. The summed E-state index contributed by atoms with van der Waals surface area (Å²) < 4.78 is 13.5. The summed E-state index contributed by atoms with van der Waals surface area (Å²) >= 11 is 0. The zero-order valence-electron chi connectivity index (χ0n) is 10.8.